The SMILES string of the molecule is COc1cc(OC)cc(C(=O)Nc2ccc(OC(c3ccccc3)c3ccccc3)nc2)c1. The predicted molar refractivity (Wildman–Crippen MR) is 127 cm³/mol. The van der Waals surface area contributed by atoms with E-state index in [4.69, 9.17) is 14.2 Å². The van der Waals surface area contributed by atoms with Crippen LogP contribution in [0.25, 0.3) is 0 Å². The van der Waals surface area contributed by atoms with E-state index in [-0.39, 0.29) is 12.0 Å². The van der Waals surface area contributed by atoms with E-state index in [1.54, 1.807) is 36.5 Å². The molecule has 0 atom stereocenters. The average molecular weight is 440 g/mol. The summed E-state index contributed by atoms with van der Waals surface area (Å²) >= 11 is 0. The molecule has 0 unspecified atom stereocenters. The molecule has 0 saturated carbocycles. The van der Waals surface area contributed by atoms with Gasteiger partial charge in [-0.2, -0.15) is 0 Å². The van der Waals surface area contributed by atoms with Crippen molar-refractivity contribution < 1.29 is 19.0 Å². The van der Waals surface area contributed by atoms with Crippen molar-refractivity contribution in [1.82, 2.24) is 4.98 Å². The highest BCUT2D eigenvalue weighted by atomic mass is 16.5. The van der Waals surface area contributed by atoms with Crippen LogP contribution in [0, 0.1) is 0 Å². The molecule has 0 aliphatic rings. The molecular weight excluding hydrogens is 416 g/mol. The number of nitrogens with one attached hydrogen (secondary N) is 1. The van der Waals surface area contributed by atoms with Gasteiger partial charge >= 0.3 is 0 Å². The molecule has 0 bridgehead atoms. The lowest BCUT2D eigenvalue weighted by Gasteiger charge is -2.19. The minimum absolute atomic E-state index is 0.297. The minimum atomic E-state index is -0.301. The second-order valence-electron chi connectivity index (χ2n) is 7.26. The number of hydrogen-bond donors (Lipinski definition) is 1. The molecule has 0 spiro atoms. The molecule has 3 aromatic carbocycles. The number of methoxy groups -OCH3 is 2. The number of carbonyl (C=O) groups is 1. The molecule has 0 fully saturated rings. The lowest BCUT2D eigenvalue weighted by atomic mass is 10.0. The van der Waals surface area contributed by atoms with Crippen molar-refractivity contribution in [3.8, 4) is 17.4 Å². The third kappa shape index (κ3) is 5.49. The first-order valence-corrected chi connectivity index (χ1v) is 10.4. The van der Waals surface area contributed by atoms with Gasteiger partial charge in [-0.1, -0.05) is 60.7 Å². The van der Waals surface area contributed by atoms with Crippen LogP contribution in [-0.2, 0) is 0 Å². The molecule has 6 nitrogen and oxygen atoms in total. The summed E-state index contributed by atoms with van der Waals surface area (Å²) in [7, 11) is 3.08. The highest BCUT2D eigenvalue weighted by Gasteiger charge is 2.17. The Balaban J connectivity index is 1.50. The van der Waals surface area contributed by atoms with E-state index in [1.807, 2.05) is 60.7 Å². The van der Waals surface area contributed by atoms with E-state index in [0.29, 0.717) is 28.6 Å². The van der Waals surface area contributed by atoms with Crippen LogP contribution in [0.1, 0.15) is 27.6 Å². The van der Waals surface area contributed by atoms with Gasteiger partial charge in [-0.15, -0.1) is 0 Å². The minimum Gasteiger partial charge on any atom is -0.497 e. The van der Waals surface area contributed by atoms with Crippen molar-refractivity contribution in [3.05, 3.63) is 114 Å². The fourth-order valence-corrected chi connectivity index (χ4v) is 3.37. The van der Waals surface area contributed by atoms with Gasteiger partial charge in [-0.25, -0.2) is 4.98 Å². The second kappa shape index (κ2) is 10.3. The van der Waals surface area contributed by atoms with Gasteiger partial charge in [0.05, 0.1) is 26.1 Å². The maximum Gasteiger partial charge on any atom is 0.255 e. The van der Waals surface area contributed by atoms with Crippen LogP contribution in [0.2, 0.25) is 0 Å². The first-order chi connectivity index (χ1) is 16.2. The van der Waals surface area contributed by atoms with Crippen molar-refractivity contribution >= 4 is 11.6 Å². The number of rotatable bonds is 8. The molecule has 0 saturated heterocycles. The second-order valence-corrected chi connectivity index (χ2v) is 7.26. The lowest BCUT2D eigenvalue weighted by molar-refractivity contribution is 0.102. The van der Waals surface area contributed by atoms with Crippen LogP contribution < -0.4 is 19.5 Å². The Kier molecular flexibility index (Phi) is 6.85. The normalized spacial score (nSPS) is 10.5. The van der Waals surface area contributed by atoms with E-state index in [0.717, 1.165) is 11.1 Å². The van der Waals surface area contributed by atoms with Crippen molar-refractivity contribution in [1.29, 1.82) is 0 Å². The fraction of sp³-hybridized carbons (Fsp3) is 0.111. The van der Waals surface area contributed by atoms with Crippen LogP contribution in [0.15, 0.2) is 97.2 Å². The highest BCUT2D eigenvalue weighted by molar-refractivity contribution is 6.04. The van der Waals surface area contributed by atoms with Gasteiger partial charge in [0.1, 0.15) is 11.5 Å². The van der Waals surface area contributed by atoms with Gasteiger partial charge in [0.2, 0.25) is 5.88 Å². The largest absolute Gasteiger partial charge is 0.497 e. The molecule has 0 aliphatic heterocycles. The number of carbonyl (C=O) groups excluding carboxylic acids is 1. The Hall–Kier alpha value is -4.32. The zero-order chi connectivity index (χ0) is 23.0. The van der Waals surface area contributed by atoms with Gasteiger partial charge in [-0.3, -0.25) is 4.79 Å². The molecule has 6 heteroatoms. The van der Waals surface area contributed by atoms with Crippen molar-refractivity contribution in [2.24, 2.45) is 0 Å². The Bertz CT molecular complexity index is 1130. The molecule has 33 heavy (non-hydrogen) atoms. The van der Waals surface area contributed by atoms with Crippen LogP contribution in [-0.4, -0.2) is 25.1 Å². The van der Waals surface area contributed by atoms with E-state index in [2.05, 4.69) is 10.3 Å². The molecule has 166 valence electrons. The smallest absolute Gasteiger partial charge is 0.255 e. The number of anilines is 1. The molecule has 1 N–H and O–H groups in total. The van der Waals surface area contributed by atoms with Crippen LogP contribution in [0.4, 0.5) is 5.69 Å². The Morgan fingerprint density at radius 2 is 1.36 bits per heavy atom. The summed E-state index contributed by atoms with van der Waals surface area (Å²) in [6.45, 7) is 0. The summed E-state index contributed by atoms with van der Waals surface area (Å²) in [6, 6.07) is 28.4. The molecular formula is C27H24N2O4. The number of nitrogens with zero attached hydrogens (tertiary/aromatic N) is 1. The predicted octanol–water partition coefficient (Wildman–Crippen LogP) is 5.52. The summed E-state index contributed by atoms with van der Waals surface area (Å²) in [5, 5.41) is 2.84. The Morgan fingerprint density at radius 3 is 1.85 bits per heavy atom. The van der Waals surface area contributed by atoms with E-state index < -0.39 is 0 Å². The average Bonchev–Trinajstić information content (AvgIpc) is 2.88. The maximum atomic E-state index is 12.7. The molecule has 0 aliphatic carbocycles. The third-order valence-corrected chi connectivity index (χ3v) is 5.05. The Morgan fingerprint density at radius 1 is 0.788 bits per heavy atom. The summed E-state index contributed by atoms with van der Waals surface area (Å²) < 4.78 is 16.7. The van der Waals surface area contributed by atoms with E-state index in [1.165, 1.54) is 14.2 Å². The van der Waals surface area contributed by atoms with Crippen LogP contribution in [0.5, 0.6) is 17.4 Å². The van der Waals surface area contributed by atoms with Crippen LogP contribution >= 0.6 is 0 Å². The first kappa shape index (κ1) is 21.9. The van der Waals surface area contributed by atoms with Crippen molar-refractivity contribution in [2.75, 3.05) is 19.5 Å². The summed E-state index contributed by atoms with van der Waals surface area (Å²) in [5.74, 6) is 1.23. The number of aromatic nitrogens is 1. The molecule has 4 rings (SSSR count). The highest BCUT2D eigenvalue weighted by Crippen LogP contribution is 2.28. The molecule has 1 amide bonds. The molecule has 1 heterocycles. The molecule has 1 aromatic heterocycles. The van der Waals surface area contributed by atoms with Gasteiger partial charge < -0.3 is 19.5 Å². The summed E-state index contributed by atoms with van der Waals surface area (Å²) in [4.78, 5) is 17.1. The zero-order valence-corrected chi connectivity index (χ0v) is 18.4. The summed E-state index contributed by atoms with van der Waals surface area (Å²) in [5.41, 5.74) is 3.01. The van der Waals surface area contributed by atoms with Gasteiger partial charge in [0.25, 0.3) is 5.91 Å². The fourth-order valence-electron chi connectivity index (χ4n) is 3.37. The Labute approximate surface area is 192 Å². The number of hydrogen-bond acceptors (Lipinski definition) is 5. The number of amides is 1. The number of ether oxygens (including phenoxy) is 3. The van der Waals surface area contributed by atoms with Gasteiger partial charge in [0, 0.05) is 17.7 Å². The van der Waals surface area contributed by atoms with Crippen LogP contribution in [0.3, 0.4) is 0 Å². The van der Waals surface area contributed by atoms with Gasteiger partial charge in [-0.05, 0) is 29.3 Å². The summed E-state index contributed by atoms with van der Waals surface area (Å²) in [6.07, 6.45) is 1.27. The van der Waals surface area contributed by atoms with Gasteiger partial charge in [0.15, 0.2) is 6.10 Å². The first-order valence-electron chi connectivity index (χ1n) is 10.4. The molecule has 4 aromatic rings. The topological polar surface area (TPSA) is 69.7 Å². The van der Waals surface area contributed by atoms with E-state index >= 15 is 0 Å². The monoisotopic (exact) mass is 440 g/mol. The van der Waals surface area contributed by atoms with Crippen molar-refractivity contribution in [2.45, 2.75) is 6.10 Å². The van der Waals surface area contributed by atoms with Crippen molar-refractivity contribution in [3.63, 3.8) is 0 Å². The lowest BCUT2D eigenvalue weighted by Crippen LogP contribution is -2.13. The standard InChI is InChI=1S/C27H24N2O4/c1-31-23-15-21(16-24(17-23)32-2)27(30)29-22-13-14-25(28-18-22)33-26(19-9-5-3-6-10-19)20-11-7-4-8-12-20/h3-18,26H,1-2H3,(H,29,30). The number of benzene rings is 3. The van der Waals surface area contributed by atoms with E-state index in [9.17, 15) is 4.79 Å². The quantitative estimate of drug-likeness (QED) is 0.391. The number of pyridine rings is 1. The third-order valence-electron chi connectivity index (χ3n) is 5.05. The molecule has 0 radical (unpaired) electrons. The maximum absolute atomic E-state index is 12.7. The zero-order valence-electron chi connectivity index (χ0n) is 18.4.